The molecule has 29 heavy (non-hydrogen) atoms. The van der Waals surface area contributed by atoms with Crippen molar-refractivity contribution in [3.8, 4) is 17.0 Å². The number of ether oxygens (including phenoxy) is 1. The summed E-state index contributed by atoms with van der Waals surface area (Å²) < 4.78 is 6.42. The Balaban J connectivity index is 1.75. The number of carbonyl (C=O) groups excluding carboxylic acids is 1. The Hall–Kier alpha value is -3.18. The molecule has 0 bridgehead atoms. The van der Waals surface area contributed by atoms with E-state index >= 15 is 0 Å². The molecular weight excluding hydrogens is 428 g/mol. The highest BCUT2D eigenvalue weighted by atomic mass is 79.9. The second kappa shape index (κ2) is 8.45. The molecule has 1 amide bonds. The van der Waals surface area contributed by atoms with Gasteiger partial charge in [-0.15, -0.1) is 0 Å². The Kier molecular flexibility index (Phi) is 5.58. The van der Waals surface area contributed by atoms with Gasteiger partial charge < -0.3 is 10.1 Å². The van der Waals surface area contributed by atoms with E-state index in [0.29, 0.717) is 12.2 Å². The molecule has 4 nitrogen and oxygen atoms in total. The summed E-state index contributed by atoms with van der Waals surface area (Å²) in [5.41, 5.74) is 3.76. The molecule has 0 atom stereocenters. The minimum Gasteiger partial charge on any atom is -0.494 e. The zero-order valence-electron chi connectivity index (χ0n) is 15.9. The van der Waals surface area contributed by atoms with Crippen LogP contribution in [0.4, 0.5) is 5.69 Å². The Bertz CT molecular complexity index is 1170. The van der Waals surface area contributed by atoms with Gasteiger partial charge in [-0.2, -0.15) is 0 Å². The van der Waals surface area contributed by atoms with E-state index in [1.54, 1.807) is 0 Å². The first-order chi connectivity index (χ1) is 14.1. The third-order valence-electron chi connectivity index (χ3n) is 4.50. The Labute approximate surface area is 177 Å². The molecule has 0 fully saturated rings. The summed E-state index contributed by atoms with van der Waals surface area (Å²) in [4.78, 5) is 17.8. The maximum Gasteiger partial charge on any atom is 0.256 e. The molecule has 0 unspecified atom stereocenters. The molecule has 5 heteroatoms. The van der Waals surface area contributed by atoms with E-state index < -0.39 is 0 Å². The third kappa shape index (κ3) is 4.30. The first kappa shape index (κ1) is 19.2. The predicted octanol–water partition coefficient (Wildman–Crippen LogP) is 6.32. The van der Waals surface area contributed by atoms with Crippen molar-refractivity contribution < 1.29 is 9.53 Å². The normalized spacial score (nSPS) is 10.7. The minimum absolute atomic E-state index is 0.172. The summed E-state index contributed by atoms with van der Waals surface area (Å²) in [6.45, 7) is 2.57. The van der Waals surface area contributed by atoms with Gasteiger partial charge in [-0.1, -0.05) is 40.2 Å². The lowest BCUT2D eigenvalue weighted by atomic mass is 10.0. The number of rotatable bonds is 5. The van der Waals surface area contributed by atoms with Crippen molar-refractivity contribution in [2.24, 2.45) is 0 Å². The number of nitrogens with one attached hydrogen (secondary N) is 1. The fourth-order valence-corrected chi connectivity index (χ4v) is 3.56. The van der Waals surface area contributed by atoms with E-state index in [0.717, 1.165) is 38.1 Å². The zero-order valence-corrected chi connectivity index (χ0v) is 17.4. The largest absolute Gasteiger partial charge is 0.494 e. The predicted molar refractivity (Wildman–Crippen MR) is 120 cm³/mol. The third-order valence-corrected chi connectivity index (χ3v) is 5.00. The molecule has 0 radical (unpaired) electrons. The maximum absolute atomic E-state index is 13.1. The molecule has 0 saturated carbocycles. The first-order valence-electron chi connectivity index (χ1n) is 9.34. The van der Waals surface area contributed by atoms with Crippen LogP contribution < -0.4 is 10.1 Å². The van der Waals surface area contributed by atoms with Crippen molar-refractivity contribution in [3.63, 3.8) is 0 Å². The number of anilines is 1. The van der Waals surface area contributed by atoms with Crippen LogP contribution in [0, 0.1) is 0 Å². The monoisotopic (exact) mass is 446 g/mol. The lowest BCUT2D eigenvalue weighted by Crippen LogP contribution is -2.13. The van der Waals surface area contributed by atoms with Crippen molar-refractivity contribution in [2.45, 2.75) is 6.92 Å². The molecule has 144 valence electrons. The van der Waals surface area contributed by atoms with Gasteiger partial charge in [-0.3, -0.25) is 4.79 Å². The van der Waals surface area contributed by atoms with Gasteiger partial charge in [0.05, 0.1) is 23.4 Å². The van der Waals surface area contributed by atoms with Crippen LogP contribution in [0.15, 0.2) is 83.3 Å². The number of benzene rings is 3. The second-order valence-electron chi connectivity index (χ2n) is 6.49. The maximum atomic E-state index is 13.1. The van der Waals surface area contributed by atoms with Gasteiger partial charge >= 0.3 is 0 Å². The summed E-state index contributed by atoms with van der Waals surface area (Å²) >= 11 is 3.44. The highest BCUT2D eigenvalue weighted by Crippen LogP contribution is 2.27. The van der Waals surface area contributed by atoms with Crippen molar-refractivity contribution in [1.29, 1.82) is 0 Å². The van der Waals surface area contributed by atoms with Crippen LogP contribution in [-0.4, -0.2) is 17.5 Å². The quantitative estimate of drug-likeness (QED) is 0.390. The molecule has 0 aliphatic rings. The number of halogens is 1. The van der Waals surface area contributed by atoms with E-state index in [9.17, 15) is 4.79 Å². The highest BCUT2D eigenvalue weighted by molar-refractivity contribution is 9.10. The molecule has 4 aromatic rings. The lowest BCUT2D eigenvalue weighted by molar-refractivity contribution is 0.102. The Morgan fingerprint density at radius 1 is 1.00 bits per heavy atom. The molecule has 0 saturated heterocycles. The first-order valence-corrected chi connectivity index (χ1v) is 10.1. The number of carbonyl (C=O) groups is 1. The summed E-state index contributed by atoms with van der Waals surface area (Å²) in [6.07, 6.45) is 0. The highest BCUT2D eigenvalue weighted by Gasteiger charge is 2.14. The van der Waals surface area contributed by atoms with Crippen LogP contribution in [0.5, 0.6) is 5.75 Å². The van der Waals surface area contributed by atoms with Gasteiger partial charge in [-0.05, 0) is 61.5 Å². The average molecular weight is 447 g/mol. The van der Waals surface area contributed by atoms with E-state index in [4.69, 9.17) is 9.72 Å². The lowest BCUT2D eigenvalue weighted by Gasteiger charge is -2.11. The standard InChI is InChI=1S/C24H19BrN2O2/c1-2-29-19-12-10-16(11-13-19)23-15-21(20-8-3-4-9-22(20)27-23)24(28)26-18-7-5-6-17(25)14-18/h3-15H,2H2,1H3,(H,26,28). The van der Waals surface area contributed by atoms with E-state index in [-0.39, 0.29) is 5.91 Å². The summed E-state index contributed by atoms with van der Waals surface area (Å²) in [5, 5.41) is 3.79. The topological polar surface area (TPSA) is 51.2 Å². The molecule has 4 rings (SSSR count). The van der Waals surface area contributed by atoms with Crippen molar-refractivity contribution in [2.75, 3.05) is 11.9 Å². The minimum atomic E-state index is -0.172. The summed E-state index contributed by atoms with van der Waals surface area (Å²) in [5.74, 6) is 0.638. The molecule has 0 aliphatic heterocycles. The number of para-hydroxylation sites is 1. The zero-order chi connectivity index (χ0) is 20.2. The fourth-order valence-electron chi connectivity index (χ4n) is 3.16. The molecule has 1 N–H and O–H groups in total. The van der Waals surface area contributed by atoms with Gasteiger partial charge in [0.15, 0.2) is 0 Å². The van der Waals surface area contributed by atoms with Crippen LogP contribution in [0.1, 0.15) is 17.3 Å². The number of pyridine rings is 1. The van der Waals surface area contributed by atoms with Gasteiger partial charge in [0.1, 0.15) is 5.75 Å². The van der Waals surface area contributed by atoms with Crippen LogP contribution in [0.25, 0.3) is 22.2 Å². The summed E-state index contributed by atoms with van der Waals surface area (Å²) in [6, 6.07) is 24.8. The van der Waals surface area contributed by atoms with E-state index in [2.05, 4.69) is 21.2 Å². The number of aromatic nitrogens is 1. The molecule has 1 heterocycles. The molecular formula is C24H19BrN2O2. The Morgan fingerprint density at radius 3 is 2.55 bits per heavy atom. The smallest absolute Gasteiger partial charge is 0.256 e. The van der Waals surface area contributed by atoms with Gasteiger partial charge in [-0.25, -0.2) is 4.98 Å². The van der Waals surface area contributed by atoms with Crippen molar-refractivity contribution in [1.82, 2.24) is 4.98 Å². The van der Waals surface area contributed by atoms with E-state index in [1.807, 2.05) is 85.8 Å². The molecule has 0 spiro atoms. The fraction of sp³-hybridized carbons (Fsp3) is 0.0833. The van der Waals surface area contributed by atoms with Crippen LogP contribution in [0.3, 0.4) is 0 Å². The Morgan fingerprint density at radius 2 is 1.79 bits per heavy atom. The number of amides is 1. The number of hydrogen-bond acceptors (Lipinski definition) is 3. The van der Waals surface area contributed by atoms with Crippen molar-refractivity contribution in [3.05, 3.63) is 88.9 Å². The molecule has 3 aromatic carbocycles. The second-order valence-corrected chi connectivity index (χ2v) is 7.41. The van der Waals surface area contributed by atoms with Gasteiger partial charge in [0, 0.05) is 21.1 Å². The average Bonchev–Trinajstić information content (AvgIpc) is 2.74. The number of nitrogens with zero attached hydrogens (tertiary/aromatic N) is 1. The van der Waals surface area contributed by atoms with E-state index in [1.165, 1.54) is 0 Å². The van der Waals surface area contributed by atoms with Crippen LogP contribution >= 0.6 is 15.9 Å². The molecule has 1 aromatic heterocycles. The van der Waals surface area contributed by atoms with Gasteiger partial charge in [0.25, 0.3) is 5.91 Å². The summed E-state index contributed by atoms with van der Waals surface area (Å²) in [7, 11) is 0. The van der Waals surface area contributed by atoms with Crippen LogP contribution in [0.2, 0.25) is 0 Å². The van der Waals surface area contributed by atoms with Gasteiger partial charge in [0.2, 0.25) is 0 Å². The number of fused-ring (bicyclic) bond motifs is 1. The van der Waals surface area contributed by atoms with Crippen molar-refractivity contribution >= 4 is 38.4 Å². The SMILES string of the molecule is CCOc1ccc(-c2cc(C(=O)Nc3cccc(Br)c3)c3ccccc3n2)cc1. The van der Waals surface area contributed by atoms with Crippen LogP contribution in [-0.2, 0) is 0 Å². The number of hydrogen-bond donors (Lipinski definition) is 1. The molecule has 0 aliphatic carbocycles.